The highest BCUT2D eigenvalue weighted by Gasteiger charge is 1.81. The topological polar surface area (TPSA) is 70.2 Å². The Morgan fingerprint density at radius 3 is 1.70 bits per heavy atom. The molecular weight excluding hydrogens is 154 g/mol. The number of hydrogen-bond acceptors (Lipinski definition) is 2. The predicted molar refractivity (Wildman–Crippen MR) is 38.3 cm³/mol. The maximum atomic E-state index is 9.19. The highest BCUT2D eigenvalue weighted by atomic mass is 32.2. The summed E-state index contributed by atoms with van der Waals surface area (Å²) in [5, 5.41) is 0. The zero-order valence-electron chi connectivity index (χ0n) is 5.48. The SMILES string of the molecule is CS(=O)(=O)O.c1cc[nH]c1. The quantitative estimate of drug-likeness (QED) is 0.548. The van der Waals surface area contributed by atoms with Crippen LogP contribution in [0.2, 0.25) is 0 Å². The zero-order valence-corrected chi connectivity index (χ0v) is 6.30. The van der Waals surface area contributed by atoms with Crippen molar-refractivity contribution in [2.45, 2.75) is 0 Å². The second-order valence-electron chi connectivity index (χ2n) is 1.62. The summed E-state index contributed by atoms with van der Waals surface area (Å²) in [7, 11) is -3.67. The van der Waals surface area contributed by atoms with Crippen LogP contribution in [0, 0.1) is 0 Å². The van der Waals surface area contributed by atoms with Crippen molar-refractivity contribution in [3.8, 4) is 0 Å². The molecule has 0 atom stereocenters. The summed E-state index contributed by atoms with van der Waals surface area (Å²) >= 11 is 0. The Bertz CT molecular complexity index is 213. The van der Waals surface area contributed by atoms with Gasteiger partial charge in [0.15, 0.2) is 0 Å². The van der Waals surface area contributed by atoms with Gasteiger partial charge < -0.3 is 4.98 Å². The molecule has 4 nitrogen and oxygen atoms in total. The molecule has 0 aliphatic rings. The van der Waals surface area contributed by atoms with Gasteiger partial charge >= 0.3 is 0 Å². The molecule has 0 amide bonds. The van der Waals surface area contributed by atoms with Crippen molar-refractivity contribution in [3.05, 3.63) is 24.5 Å². The largest absolute Gasteiger partial charge is 0.368 e. The summed E-state index contributed by atoms with van der Waals surface area (Å²) in [5.41, 5.74) is 0. The van der Waals surface area contributed by atoms with Gasteiger partial charge in [-0.25, -0.2) is 0 Å². The van der Waals surface area contributed by atoms with Gasteiger partial charge in [-0.2, -0.15) is 8.42 Å². The van der Waals surface area contributed by atoms with Crippen LogP contribution < -0.4 is 0 Å². The minimum absolute atomic E-state index is 0.715. The van der Waals surface area contributed by atoms with E-state index in [1.54, 1.807) is 0 Å². The third kappa shape index (κ3) is 15.7. The van der Waals surface area contributed by atoms with Crippen LogP contribution in [0.5, 0.6) is 0 Å². The molecule has 1 heterocycles. The molecule has 0 unspecified atom stereocenters. The molecule has 0 aliphatic carbocycles. The molecule has 0 bridgehead atoms. The highest BCUT2D eigenvalue weighted by Crippen LogP contribution is 1.72. The summed E-state index contributed by atoms with van der Waals surface area (Å²) in [4.78, 5) is 2.86. The number of aromatic nitrogens is 1. The van der Waals surface area contributed by atoms with Crippen LogP contribution in [0.3, 0.4) is 0 Å². The van der Waals surface area contributed by atoms with Gasteiger partial charge in [0.2, 0.25) is 0 Å². The zero-order chi connectivity index (χ0) is 8.04. The smallest absolute Gasteiger partial charge is 0.261 e. The van der Waals surface area contributed by atoms with Crippen LogP contribution in [0.25, 0.3) is 0 Å². The van der Waals surface area contributed by atoms with E-state index in [4.69, 9.17) is 4.55 Å². The Balaban J connectivity index is 0.000000162. The first-order chi connectivity index (χ1) is 4.50. The molecule has 1 rings (SSSR count). The van der Waals surface area contributed by atoms with E-state index in [1.807, 2.05) is 24.5 Å². The van der Waals surface area contributed by atoms with Crippen LogP contribution in [0.15, 0.2) is 24.5 Å². The Morgan fingerprint density at radius 2 is 1.60 bits per heavy atom. The van der Waals surface area contributed by atoms with Gasteiger partial charge in [0.25, 0.3) is 10.1 Å². The minimum Gasteiger partial charge on any atom is -0.368 e. The summed E-state index contributed by atoms with van der Waals surface area (Å²) in [6.07, 6.45) is 4.47. The first-order valence-corrected chi connectivity index (χ1v) is 4.35. The van der Waals surface area contributed by atoms with E-state index in [9.17, 15) is 8.42 Å². The molecule has 58 valence electrons. The van der Waals surface area contributed by atoms with Gasteiger partial charge in [-0.3, -0.25) is 4.55 Å². The standard InChI is InChI=1S/C4H5N.CH4O3S/c1-2-4-5-3-1;1-5(2,3)4/h1-5H;1H3,(H,2,3,4). The summed E-state index contributed by atoms with van der Waals surface area (Å²) in [6, 6.07) is 3.89. The Kier molecular flexibility index (Phi) is 3.75. The fourth-order valence-corrected chi connectivity index (χ4v) is 0.278. The van der Waals surface area contributed by atoms with Crippen molar-refractivity contribution in [2.24, 2.45) is 0 Å². The third-order valence-electron chi connectivity index (χ3n) is 0.496. The number of hydrogen-bond donors (Lipinski definition) is 2. The van der Waals surface area contributed by atoms with E-state index in [0.29, 0.717) is 6.26 Å². The van der Waals surface area contributed by atoms with Crippen molar-refractivity contribution < 1.29 is 13.0 Å². The number of rotatable bonds is 0. The molecule has 0 radical (unpaired) electrons. The van der Waals surface area contributed by atoms with Gasteiger partial charge in [0, 0.05) is 12.4 Å². The molecular formula is C5H9NO3S. The molecule has 0 aromatic carbocycles. The van der Waals surface area contributed by atoms with Crippen molar-refractivity contribution in [1.82, 2.24) is 4.98 Å². The van der Waals surface area contributed by atoms with Crippen LogP contribution in [0.4, 0.5) is 0 Å². The second-order valence-corrected chi connectivity index (χ2v) is 3.08. The lowest BCUT2D eigenvalue weighted by Gasteiger charge is -1.69. The number of aromatic amines is 1. The predicted octanol–water partition coefficient (Wildman–Crippen LogP) is 0.519. The second kappa shape index (κ2) is 4.08. The molecule has 0 spiro atoms. The van der Waals surface area contributed by atoms with E-state index >= 15 is 0 Å². The highest BCUT2D eigenvalue weighted by molar-refractivity contribution is 7.85. The molecule has 10 heavy (non-hydrogen) atoms. The average molecular weight is 163 g/mol. The van der Waals surface area contributed by atoms with Gasteiger partial charge in [-0.15, -0.1) is 0 Å². The molecule has 0 saturated heterocycles. The van der Waals surface area contributed by atoms with Crippen LogP contribution in [-0.4, -0.2) is 24.2 Å². The number of nitrogens with one attached hydrogen (secondary N) is 1. The average Bonchev–Trinajstić information content (AvgIpc) is 2.07. The van der Waals surface area contributed by atoms with E-state index in [2.05, 4.69) is 4.98 Å². The van der Waals surface area contributed by atoms with E-state index in [-0.39, 0.29) is 0 Å². The van der Waals surface area contributed by atoms with Crippen LogP contribution >= 0.6 is 0 Å². The normalized spacial score (nSPS) is 9.80. The Labute approximate surface area is 59.6 Å². The fraction of sp³-hybridized carbons (Fsp3) is 0.200. The van der Waals surface area contributed by atoms with Crippen molar-refractivity contribution >= 4 is 10.1 Å². The van der Waals surface area contributed by atoms with Gasteiger partial charge in [0.1, 0.15) is 0 Å². The lowest BCUT2D eigenvalue weighted by molar-refractivity contribution is 0.490. The van der Waals surface area contributed by atoms with E-state index in [0.717, 1.165) is 0 Å². The molecule has 5 heteroatoms. The molecule has 2 N–H and O–H groups in total. The maximum Gasteiger partial charge on any atom is 0.261 e. The van der Waals surface area contributed by atoms with Gasteiger partial charge in [0.05, 0.1) is 6.26 Å². The minimum atomic E-state index is -3.67. The third-order valence-corrected chi connectivity index (χ3v) is 0.496. The lowest BCUT2D eigenvalue weighted by Crippen LogP contribution is -1.88. The van der Waals surface area contributed by atoms with E-state index < -0.39 is 10.1 Å². The molecule has 0 aliphatic heterocycles. The summed E-state index contributed by atoms with van der Waals surface area (Å²) in [5.74, 6) is 0. The van der Waals surface area contributed by atoms with Crippen molar-refractivity contribution in [2.75, 3.05) is 6.26 Å². The first kappa shape index (κ1) is 9.19. The first-order valence-electron chi connectivity index (χ1n) is 2.50. The van der Waals surface area contributed by atoms with Crippen molar-refractivity contribution in [3.63, 3.8) is 0 Å². The van der Waals surface area contributed by atoms with Crippen molar-refractivity contribution in [1.29, 1.82) is 0 Å². The Morgan fingerprint density at radius 1 is 1.30 bits per heavy atom. The van der Waals surface area contributed by atoms with Crippen LogP contribution in [-0.2, 0) is 10.1 Å². The molecule has 1 aromatic rings. The summed E-state index contributed by atoms with van der Waals surface area (Å²) in [6.45, 7) is 0. The molecule has 0 fully saturated rings. The van der Waals surface area contributed by atoms with E-state index in [1.165, 1.54) is 0 Å². The Hall–Kier alpha value is -0.810. The maximum absolute atomic E-state index is 9.19. The monoisotopic (exact) mass is 163 g/mol. The van der Waals surface area contributed by atoms with Crippen LogP contribution in [0.1, 0.15) is 0 Å². The van der Waals surface area contributed by atoms with Gasteiger partial charge in [-0.1, -0.05) is 0 Å². The lowest BCUT2D eigenvalue weighted by atomic mass is 10.7. The fourth-order valence-electron chi connectivity index (χ4n) is 0.278. The summed E-state index contributed by atoms with van der Waals surface area (Å²) < 4.78 is 25.9. The number of H-pyrrole nitrogens is 1. The van der Waals surface area contributed by atoms with Gasteiger partial charge in [-0.05, 0) is 12.1 Å². The molecule has 0 saturated carbocycles. The molecule has 1 aromatic heterocycles.